The van der Waals surface area contributed by atoms with Crippen molar-refractivity contribution >= 4 is 17.0 Å². The van der Waals surface area contributed by atoms with Crippen molar-refractivity contribution in [2.75, 3.05) is 19.0 Å². The molecule has 5 N–H and O–H groups in total. The lowest BCUT2D eigenvalue weighted by Crippen LogP contribution is -2.33. The van der Waals surface area contributed by atoms with E-state index in [4.69, 9.17) is 9.47 Å². The SMILES string of the molecule is COc1c(O)cccc1CNc1ncnc2c1ncn2[C@@H]1O[C@H](CO)[C@@H](O)[C@H]1O. The van der Waals surface area contributed by atoms with E-state index in [9.17, 15) is 20.4 Å². The number of fused-ring (bicyclic) bond motifs is 1. The highest BCUT2D eigenvalue weighted by Crippen LogP contribution is 2.33. The lowest BCUT2D eigenvalue weighted by atomic mass is 10.1. The zero-order chi connectivity index (χ0) is 20.5. The van der Waals surface area contributed by atoms with Crippen molar-refractivity contribution in [3.8, 4) is 11.5 Å². The predicted molar refractivity (Wildman–Crippen MR) is 100 cm³/mol. The normalized spacial score (nSPS) is 24.1. The molecule has 154 valence electrons. The summed E-state index contributed by atoms with van der Waals surface area (Å²) < 4.78 is 12.3. The number of rotatable bonds is 6. The van der Waals surface area contributed by atoms with Crippen LogP contribution in [0.5, 0.6) is 11.5 Å². The second-order valence-corrected chi connectivity index (χ2v) is 6.60. The number of benzene rings is 1. The number of nitrogens with one attached hydrogen (secondary N) is 1. The van der Waals surface area contributed by atoms with Crippen molar-refractivity contribution < 1.29 is 29.9 Å². The molecule has 0 amide bonds. The van der Waals surface area contributed by atoms with E-state index < -0.39 is 31.1 Å². The highest BCUT2D eigenvalue weighted by atomic mass is 16.6. The molecule has 2 aromatic heterocycles. The van der Waals surface area contributed by atoms with Crippen LogP contribution in [0.3, 0.4) is 0 Å². The van der Waals surface area contributed by atoms with Gasteiger partial charge < -0.3 is 35.2 Å². The number of hydrogen-bond acceptors (Lipinski definition) is 10. The molecule has 0 unspecified atom stereocenters. The van der Waals surface area contributed by atoms with Gasteiger partial charge in [0.2, 0.25) is 0 Å². The third-order valence-corrected chi connectivity index (χ3v) is 4.88. The fourth-order valence-corrected chi connectivity index (χ4v) is 3.40. The summed E-state index contributed by atoms with van der Waals surface area (Å²) >= 11 is 0. The Hall–Kier alpha value is -2.99. The first-order valence-electron chi connectivity index (χ1n) is 8.93. The number of aromatic hydroxyl groups is 1. The minimum atomic E-state index is -1.24. The number of aliphatic hydroxyl groups is 3. The molecule has 1 saturated heterocycles. The molecule has 0 radical (unpaired) electrons. The van der Waals surface area contributed by atoms with Gasteiger partial charge in [-0.1, -0.05) is 12.1 Å². The van der Waals surface area contributed by atoms with Gasteiger partial charge in [-0.3, -0.25) is 4.57 Å². The fourth-order valence-electron chi connectivity index (χ4n) is 3.40. The van der Waals surface area contributed by atoms with Crippen molar-refractivity contribution in [3.05, 3.63) is 36.4 Å². The first kappa shape index (κ1) is 19.3. The van der Waals surface area contributed by atoms with Crippen molar-refractivity contribution in [3.63, 3.8) is 0 Å². The van der Waals surface area contributed by atoms with Gasteiger partial charge in [0.05, 0.1) is 20.0 Å². The smallest absolute Gasteiger partial charge is 0.167 e. The standard InChI is InChI=1S/C18H21N5O6/c1-28-15-9(3-2-4-10(15)25)5-19-16-12-17(21-7-20-16)23(8-22-12)18-14(27)13(26)11(6-24)29-18/h2-4,7-8,11,13-14,18,24-27H,5-6H2,1H3,(H,19,20,21)/t11-,13-,14-,18-/m1/s1. The summed E-state index contributed by atoms with van der Waals surface area (Å²) in [6, 6.07) is 5.05. The molecular formula is C18H21N5O6. The molecule has 3 heterocycles. The Morgan fingerprint density at radius 2 is 2.03 bits per heavy atom. The van der Waals surface area contributed by atoms with Crippen LogP contribution in [0, 0.1) is 0 Å². The molecule has 0 aliphatic carbocycles. The number of aliphatic hydroxyl groups excluding tert-OH is 3. The Morgan fingerprint density at radius 3 is 2.76 bits per heavy atom. The maximum absolute atomic E-state index is 10.3. The molecular weight excluding hydrogens is 382 g/mol. The van der Waals surface area contributed by atoms with Crippen LogP contribution in [-0.2, 0) is 11.3 Å². The number of phenolic OH excluding ortho intramolecular Hbond substituents is 1. The Kier molecular flexibility index (Phi) is 5.20. The third-order valence-electron chi connectivity index (χ3n) is 4.88. The van der Waals surface area contributed by atoms with Gasteiger partial charge in [0.1, 0.15) is 24.6 Å². The molecule has 29 heavy (non-hydrogen) atoms. The van der Waals surface area contributed by atoms with E-state index in [1.165, 1.54) is 30.4 Å². The molecule has 1 fully saturated rings. The average Bonchev–Trinajstić information content (AvgIpc) is 3.28. The van der Waals surface area contributed by atoms with Crippen LogP contribution in [0.4, 0.5) is 5.82 Å². The van der Waals surface area contributed by atoms with Crippen molar-refractivity contribution in [1.29, 1.82) is 0 Å². The highest BCUT2D eigenvalue weighted by molar-refractivity contribution is 5.82. The number of ether oxygens (including phenoxy) is 2. The van der Waals surface area contributed by atoms with Crippen molar-refractivity contribution in [2.45, 2.75) is 31.1 Å². The minimum Gasteiger partial charge on any atom is -0.504 e. The van der Waals surface area contributed by atoms with Gasteiger partial charge in [-0.25, -0.2) is 15.0 Å². The molecule has 1 aliphatic rings. The van der Waals surface area contributed by atoms with E-state index in [0.717, 1.165) is 5.56 Å². The van der Waals surface area contributed by atoms with Crippen LogP contribution >= 0.6 is 0 Å². The Labute approximate surface area is 165 Å². The second kappa shape index (κ2) is 7.79. The second-order valence-electron chi connectivity index (χ2n) is 6.60. The van der Waals surface area contributed by atoms with Crippen LogP contribution in [0.25, 0.3) is 11.2 Å². The number of aromatic nitrogens is 4. The molecule has 1 aliphatic heterocycles. The van der Waals surface area contributed by atoms with E-state index in [1.807, 2.05) is 6.07 Å². The maximum Gasteiger partial charge on any atom is 0.167 e. The van der Waals surface area contributed by atoms with E-state index in [0.29, 0.717) is 29.3 Å². The predicted octanol–water partition coefficient (Wildman–Crippen LogP) is -0.236. The zero-order valence-electron chi connectivity index (χ0n) is 15.5. The summed E-state index contributed by atoms with van der Waals surface area (Å²) in [4.78, 5) is 12.7. The van der Waals surface area contributed by atoms with Crippen molar-refractivity contribution in [1.82, 2.24) is 19.5 Å². The monoisotopic (exact) mass is 403 g/mol. The first-order valence-corrected chi connectivity index (χ1v) is 8.93. The number of phenols is 1. The Morgan fingerprint density at radius 1 is 1.21 bits per heavy atom. The lowest BCUT2D eigenvalue weighted by molar-refractivity contribution is -0.0511. The number of nitrogens with zero attached hydrogens (tertiary/aromatic N) is 4. The fraction of sp³-hybridized carbons (Fsp3) is 0.389. The van der Waals surface area contributed by atoms with Gasteiger partial charge in [-0.2, -0.15) is 0 Å². The largest absolute Gasteiger partial charge is 0.504 e. The molecule has 3 aromatic rings. The Balaban J connectivity index is 1.61. The van der Waals surface area contributed by atoms with E-state index in [1.54, 1.807) is 6.07 Å². The van der Waals surface area contributed by atoms with Crippen LogP contribution < -0.4 is 10.1 Å². The van der Waals surface area contributed by atoms with Crippen LogP contribution in [0.2, 0.25) is 0 Å². The quantitative estimate of drug-likeness (QED) is 0.372. The summed E-state index contributed by atoms with van der Waals surface area (Å²) in [5.41, 5.74) is 1.55. The first-order chi connectivity index (χ1) is 14.0. The topological polar surface area (TPSA) is 155 Å². The van der Waals surface area contributed by atoms with Crippen LogP contribution in [0.1, 0.15) is 11.8 Å². The number of methoxy groups -OCH3 is 1. The molecule has 11 heteroatoms. The van der Waals surface area contributed by atoms with Gasteiger partial charge in [0.25, 0.3) is 0 Å². The molecule has 11 nitrogen and oxygen atoms in total. The number of imidazole rings is 1. The van der Waals surface area contributed by atoms with Gasteiger partial charge in [0.15, 0.2) is 34.7 Å². The van der Waals surface area contributed by atoms with Crippen LogP contribution in [-0.4, -0.2) is 72.0 Å². The summed E-state index contributed by atoms with van der Waals surface area (Å²) in [6.07, 6.45) is -1.54. The Bertz CT molecular complexity index is 1010. The van der Waals surface area contributed by atoms with E-state index in [2.05, 4.69) is 20.3 Å². The molecule has 4 atom stereocenters. The van der Waals surface area contributed by atoms with Gasteiger partial charge in [0, 0.05) is 12.1 Å². The maximum atomic E-state index is 10.3. The summed E-state index contributed by atoms with van der Waals surface area (Å²) in [5, 5.41) is 42.6. The molecule has 0 bridgehead atoms. The van der Waals surface area contributed by atoms with Gasteiger partial charge in [-0.05, 0) is 6.07 Å². The third kappa shape index (κ3) is 3.34. The minimum absolute atomic E-state index is 0.0354. The summed E-state index contributed by atoms with van der Waals surface area (Å²) in [7, 11) is 1.48. The molecule has 4 rings (SSSR count). The van der Waals surface area contributed by atoms with Gasteiger partial charge in [-0.15, -0.1) is 0 Å². The number of para-hydroxylation sites is 1. The zero-order valence-corrected chi connectivity index (χ0v) is 15.5. The van der Waals surface area contributed by atoms with E-state index >= 15 is 0 Å². The van der Waals surface area contributed by atoms with Crippen LogP contribution in [0.15, 0.2) is 30.9 Å². The molecule has 0 spiro atoms. The van der Waals surface area contributed by atoms with Crippen molar-refractivity contribution in [2.24, 2.45) is 0 Å². The molecule has 0 saturated carbocycles. The average molecular weight is 403 g/mol. The number of anilines is 1. The lowest BCUT2D eigenvalue weighted by Gasteiger charge is -2.16. The summed E-state index contributed by atoms with van der Waals surface area (Å²) in [5.74, 6) is 0.835. The van der Waals surface area contributed by atoms with E-state index in [-0.39, 0.29) is 5.75 Å². The summed E-state index contributed by atoms with van der Waals surface area (Å²) in [6.45, 7) is -0.112. The number of hydrogen-bond donors (Lipinski definition) is 5. The molecule has 1 aromatic carbocycles. The van der Waals surface area contributed by atoms with Gasteiger partial charge >= 0.3 is 0 Å². The highest BCUT2D eigenvalue weighted by Gasteiger charge is 2.44.